The van der Waals surface area contributed by atoms with Gasteiger partial charge in [0.15, 0.2) is 0 Å². The molecule has 1 fully saturated rings. The highest BCUT2D eigenvalue weighted by atomic mass is 19.1. The zero-order chi connectivity index (χ0) is 17.5. The van der Waals surface area contributed by atoms with Gasteiger partial charge in [-0.05, 0) is 12.1 Å². The lowest BCUT2D eigenvalue weighted by atomic mass is 10.1. The van der Waals surface area contributed by atoms with Crippen molar-refractivity contribution in [3.05, 3.63) is 35.4 Å². The van der Waals surface area contributed by atoms with Crippen LogP contribution in [0.25, 0.3) is 0 Å². The summed E-state index contributed by atoms with van der Waals surface area (Å²) < 4.78 is 37.9. The number of benzene rings is 1. The van der Waals surface area contributed by atoms with E-state index in [1.807, 2.05) is 0 Å². The lowest BCUT2D eigenvalue weighted by molar-refractivity contribution is -0.906. The van der Waals surface area contributed by atoms with E-state index in [-0.39, 0.29) is 0 Å². The number of carbonyl (C=O) groups excluding carboxylic acids is 2. The fourth-order valence-electron chi connectivity index (χ4n) is 2.54. The van der Waals surface area contributed by atoms with E-state index >= 15 is 0 Å². The molecule has 1 aliphatic rings. The molecule has 0 saturated carbocycles. The minimum Gasteiger partial charge on any atom is -0.447 e. The second kappa shape index (κ2) is 8.70. The van der Waals surface area contributed by atoms with Gasteiger partial charge in [0, 0.05) is 6.92 Å². The minimum absolute atomic E-state index is 0.308. The molecule has 1 amide bonds. The van der Waals surface area contributed by atoms with Gasteiger partial charge in [-0.3, -0.25) is 9.59 Å². The summed E-state index contributed by atoms with van der Waals surface area (Å²) in [5.41, 5.74) is -0.566. The van der Waals surface area contributed by atoms with Crippen molar-refractivity contribution in [1.82, 2.24) is 5.32 Å². The summed E-state index contributed by atoms with van der Waals surface area (Å²) in [6.45, 7) is 5.05. The van der Waals surface area contributed by atoms with Gasteiger partial charge in [-0.25, -0.2) is 8.78 Å². The van der Waals surface area contributed by atoms with E-state index < -0.39 is 35.2 Å². The highest BCUT2D eigenvalue weighted by Gasteiger charge is 2.30. The van der Waals surface area contributed by atoms with E-state index in [0.29, 0.717) is 26.3 Å². The first-order valence-corrected chi connectivity index (χ1v) is 7.79. The Labute approximate surface area is 138 Å². The molecule has 0 aromatic heterocycles. The molecule has 0 aliphatic carbocycles. The molecule has 1 atom stereocenters. The Morgan fingerprint density at radius 2 is 1.92 bits per heavy atom. The molecule has 0 unspecified atom stereocenters. The number of morpholine rings is 1. The first kappa shape index (κ1) is 18.3. The van der Waals surface area contributed by atoms with Crippen molar-refractivity contribution >= 4 is 11.9 Å². The fourth-order valence-corrected chi connectivity index (χ4v) is 2.54. The van der Waals surface area contributed by atoms with Crippen molar-refractivity contribution in [3.8, 4) is 0 Å². The van der Waals surface area contributed by atoms with Crippen molar-refractivity contribution < 1.29 is 32.7 Å². The van der Waals surface area contributed by atoms with Gasteiger partial charge < -0.3 is 19.7 Å². The summed E-state index contributed by atoms with van der Waals surface area (Å²) in [4.78, 5) is 24.7. The predicted molar refractivity (Wildman–Crippen MR) is 80.3 cm³/mol. The summed E-state index contributed by atoms with van der Waals surface area (Å²) in [5, 5.41) is 2.58. The summed E-state index contributed by atoms with van der Waals surface area (Å²) in [6, 6.07) is 3.21. The van der Waals surface area contributed by atoms with Crippen LogP contribution in [0, 0.1) is 11.6 Å². The molecule has 6 nitrogen and oxygen atoms in total. The maximum absolute atomic E-state index is 13.9. The van der Waals surface area contributed by atoms with Gasteiger partial charge in [0.25, 0.3) is 5.91 Å². The third-order valence-electron chi connectivity index (χ3n) is 3.76. The fraction of sp³-hybridized carbons (Fsp3) is 0.500. The van der Waals surface area contributed by atoms with Gasteiger partial charge in [-0.15, -0.1) is 0 Å². The summed E-state index contributed by atoms with van der Waals surface area (Å²) in [7, 11) is 0. The Bertz CT molecular complexity index is 571. The molecule has 1 aromatic carbocycles. The van der Waals surface area contributed by atoms with Gasteiger partial charge >= 0.3 is 5.97 Å². The Morgan fingerprint density at radius 3 is 2.50 bits per heavy atom. The zero-order valence-electron chi connectivity index (χ0n) is 13.4. The Balaban J connectivity index is 2.01. The van der Waals surface area contributed by atoms with Crippen LogP contribution in [0.1, 0.15) is 18.6 Å². The van der Waals surface area contributed by atoms with Crippen molar-refractivity contribution in [2.75, 3.05) is 39.4 Å². The van der Waals surface area contributed by atoms with E-state index in [9.17, 15) is 18.4 Å². The molecule has 1 aliphatic heterocycles. The first-order valence-electron chi connectivity index (χ1n) is 7.79. The average molecular weight is 343 g/mol. The highest BCUT2D eigenvalue weighted by molar-refractivity contribution is 5.84. The van der Waals surface area contributed by atoms with Crippen molar-refractivity contribution in [3.63, 3.8) is 0 Å². The van der Waals surface area contributed by atoms with E-state index in [1.165, 1.54) is 11.0 Å². The monoisotopic (exact) mass is 343 g/mol. The Kier molecular flexibility index (Phi) is 6.62. The summed E-state index contributed by atoms with van der Waals surface area (Å²) in [6.07, 6.45) is -1.65. The summed E-state index contributed by atoms with van der Waals surface area (Å²) in [5.74, 6) is -3.41. The maximum Gasteiger partial charge on any atom is 0.303 e. The maximum atomic E-state index is 13.9. The second-order valence-corrected chi connectivity index (χ2v) is 5.53. The molecule has 0 spiro atoms. The second-order valence-electron chi connectivity index (χ2n) is 5.53. The zero-order valence-corrected chi connectivity index (χ0v) is 13.4. The predicted octanol–water partition coefficient (Wildman–Crippen LogP) is -0.400. The molecular weight excluding hydrogens is 322 g/mol. The molecule has 1 aromatic rings. The Hall–Kier alpha value is -2.06. The van der Waals surface area contributed by atoms with Crippen LogP contribution in [0.5, 0.6) is 0 Å². The van der Waals surface area contributed by atoms with Crippen molar-refractivity contribution in [1.29, 1.82) is 0 Å². The number of ether oxygens (including phenoxy) is 2. The molecule has 1 saturated heterocycles. The third kappa shape index (κ3) is 4.97. The van der Waals surface area contributed by atoms with Crippen LogP contribution in [-0.2, 0) is 19.1 Å². The van der Waals surface area contributed by atoms with Gasteiger partial charge in [0.2, 0.25) is 6.10 Å². The lowest BCUT2D eigenvalue weighted by Gasteiger charge is -2.24. The number of esters is 1. The van der Waals surface area contributed by atoms with Crippen LogP contribution >= 0.6 is 0 Å². The molecule has 132 valence electrons. The SMILES string of the molecule is CC(=O)O[C@H](C(=O)NCC[NH+]1CCOCC1)c1c(F)cccc1F. The van der Waals surface area contributed by atoms with E-state index in [1.54, 1.807) is 0 Å². The van der Waals surface area contributed by atoms with Gasteiger partial charge in [-0.2, -0.15) is 0 Å². The quantitative estimate of drug-likeness (QED) is 0.690. The van der Waals surface area contributed by atoms with Crippen LogP contribution in [0.4, 0.5) is 8.78 Å². The number of nitrogens with one attached hydrogen (secondary N) is 2. The van der Waals surface area contributed by atoms with Crippen LogP contribution in [0.15, 0.2) is 18.2 Å². The van der Waals surface area contributed by atoms with Gasteiger partial charge in [0.1, 0.15) is 24.7 Å². The van der Waals surface area contributed by atoms with Crippen LogP contribution in [0.3, 0.4) is 0 Å². The largest absolute Gasteiger partial charge is 0.447 e. The molecule has 2 rings (SSSR count). The smallest absolute Gasteiger partial charge is 0.303 e. The number of hydrogen-bond acceptors (Lipinski definition) is 4. The van der Waals surface area contributed by atoms with Gasteiger partial charge in [-0.1, -0.05) is 6.07 Å². The lowest BCUT2D eigenvalue weighted by Crippen LogP contribution is -3.14. The molecule has 8 heteroatoms. The number of rotatable bonds is 6. The minimum atomic E-state index is -1.65. The number of hydrogen-bond donors (Lipinski definition) is 2. The van der Waals surface area contributed by atoms with E-state index in [2.05, 4.69) is 5.32 Å². The first-order chi connectivity index (χ1) is 11.5. The van der Waals surface area contributed by atoms with Crippen molar-refractivity contribution in [2.24, 2.45) is 0 Å². The molecule has 1 heterocycles. The highest BCUT2D eigenvalue weighted by Crippen LogP contribution is 2.24. The molecular formula is C16H21F2N2O4+. The van der Waals surface area contributed by atoms with Crippen LogP contribution in [-0.4, -0.2) is 51.3 Å². The third-order valence-corrected chi connectivity index (χ3v) is 3.76. The standard InChI is InChI=1S/C16H20F2N2O4/c1-11(21)24-15(14-12(17)3-2-4-13(14)18)16(22)19-5-6-20-7-9-23-10-8-20/h2-4,15H,5-10H2,1H3,(H,19,22)/p+1/t15-/m0/s1. The van der Waals surface area contributed by atoms with Crippen molar-refractivity contribution in [2.45, 2.75) is 13.0 Å². The van der Waals surface area contributed by atoms with Crippen LogP contribution < -0.4 is 10.2 Å². The molecule has 0 radical (unpaired) electrons. The number of amides is 1. The topological polar surface area (TPSA) is 69.1 Å². The Morgan fingerprint density at radius 1 is 1.29 bits per heavy atom. The number of quaternary nitrogens is 1. The molecule has 0 bridgehead atoms. The normalized spacial score (nSPS) is 16.5. The number of halogens is 2. The van der Waals surface area contributed by atoms with Crippen LogP contribution in [0.2, 0.25) is 0 Å². The number of carbonyl (C=O) groups is 2. The average Bonchev–Trinajstić information content (AvgIpc) is 2.54. The van der Waals surface area contributed by atoms with Gasteiger partial charge in [0.05, 0.1) is 31.9 Å². The molecule has 24 heavy (non-hydrogen) atoms. The molecule has 2 N–H and O–H groups in total. The van der Waals surface area contributed by atoms with E-state index in [0.717, 1.165) is 32.1 Å². The van der Waals surface area contributed by atoms with E-state index in [4.69, 9.17) is 9.47 Å². The summed E-state index contributed by atoms with van der Waals surface area (Å²) >= 11 is 0.